The van der Waals surface area contributed by atoms with Gasteiger partial charge in [0.25, 0.3) is 11.7 Å². The van der Waals surface area contributed by atoms with Crippen LogP contribution in [0.15, 0.2) is 78.6 Å². The van der Waals surface area contributed by atoms with Crippen LogP contribution in [0.3, 0.4) is 0 Å². The number of hydrogen-bond acceptors (Lipinski definition) is 6. The second kappa shape index (κ2) is 8.93. The number of pyridine rings is 1. The van der Waals surface area contributed by atoms with Gasteiger partial charge in [-0.2, -0.15) is 0 Å². The number of aliphatic hydroxyl groups excluding tert-OH is 1. The first-order valence-electron chi connectivity index (χ1n) is 9.99. The third-order valence-electron chi connectivity index (χ3n) is 5.39. The van der Waals surface area contributed by atoms with Crippen molar-refractivity contribution in [3.63, 3.8) is 0 Å². The number of Topliss-reactive ketones (excluding diaryl/α,β-unsaturated/α-hetero) is 1. The van der Waals surface area contributed by atoms with Crippen LogP contribution in [0, 0.1) is 0 Å². The summed E-state index contributed by atoms with van der Waals surface area (Å²) >= 11 is 0. The average molecular weight is 430 g/mol. The first-order chi connectivity index (χ1) is 15.5. The molecule has 7 nitrogen and oxygen atoms in total. The highest BCUT2D eigenvalue weighted by atomic mass is 16.5. The molecule has 0 radical (unpaired) electrons. The van der Waals surface area contributed by atoms with Gasteiger partial charge in [-0.25, -0.2) is 0 Å². The summed E-state index contributed by atoms with van der Waals surface area (Å²) in [4.78, 5) is 31.7. The number of amides is 1. The summed E-state index contributed by atoms with van der Waals surface area (Å²) in [5, 5.41) is 11.1. The van der Waals surface area contributed by atoms with Crippen LogP contribution in [0.5, 0.6) is 11.5 Å². The van der Waals surface area contributed by atoms with Gasteiger partial charge in [0, 0.05) is 24.5 Å². The molecule has 1 saturated heterocycles. The van der Waals surface area contributed by atoms with E-state index in [1.54, 1.807) is 69.1 Å². The van der Waals surface area contributed by atoms with Crippen molar-refractivity contribution < 1.29 is 24.2 Å². The third kappa shape index (κ3) is 3.92. The highest BCUT2D eigenvalue weighted by molar-refractivity contribution is 6.46. The van der Waals surface area contributed by atoms with E-state index in [2.05, 4.69) is 4.98 Å². The average Bonchev–Trinajstić information content (AvgIpc) is 3.09. The Balaban J connectivity index is 1.81. The van der Waals surface area contributed by atoms with Gasteiger partial charge in [0.15, 0.2) is 0 Å². The fraction of sp³-hybridized carbons (Fsp3) is 0.160. The number of likely N-dealkylation sites (tertiary alicyclic amines) is 1. The maximum atomic E-state index is 13.1. The van der Waals surface area contributed by atoms with E-state index in [9.17, 15) is 14.7 Å². The number of carbonyl (C=O) groups excluding carboxylic acids is 2. The Morgan fingerprint density at radius 2 is 1.75 bits per heavy atom. The quantitative estimate of drug-likeness (QED) is 0.364. The first-order valence-corrected chi connectivity index (χ1v) is 9.99. The lowest BCUT2D eigenvalue weighted by Gasteiger charge is -2.25. The molecule has 162 valence electrons. The van der Waals surface area contributed by atoms with Crippen molar-refractivity contribution in [2.75, 3.05) is 14.2 Å². The lowest BCUT2D eigenvalue weighted by Crippen LogP contribution is -2.29. The van der Waals surface area contributed by atoms with Gasteiger partial charge in [0.05, 0.1) is 25.8 Å². The van der Waals surface area contributed by atoms with E-state index in [1.807, 2.05) is 18.2 Å². The second-order valence-corrected chi connectivity index (χ2v) is 7.29. The molecule has 2 aromatic carbocycles. The molecule has 32 heavy (non-hydrogen) atoms. The van der Waals surface area contributed by atoms with E-state index < -0.39 is 17.7 Å². The van der Waals surface area contributed by atoms with Gasteiger partial charge in [0.2, 0.25) is 0 Å². The first kappa shape index (κ1) is 21.1. The van der Waals surface area contributed by atoms with Crippen molar-refractivity contribution in [3.05, 3.63) is 95.3 Å². The van der Waals surface area contributed by atoms with Crippen LogP contribution in [0.2, 0.25) is 0 Å². The molecule has 1 N–H and O–H groups in total. The fourth-order valence-electron chi connectivity index (χ4n) is 3.80. The van der Waals surface area contributed by atoms with Crippen LogP contribution in [0.1, 0.15) is 22.7 Å². The molecule has 1 aliphatic rings. The number of benzene rings is 2. The number of hydrogen-bond donors (Lipinski definition) is 1. The molecule has 1 amide bonds. The zero-order valence-corrected chi connectivity index (χ0v) is 17.7. The highest BCUT2D eigenvalue weighted by Crippen LogP contribution is 2.40. The van der Waals surface area contributed by atoms with Crippen LogP contribution < -0.4 is 9.47 Å². The monoisotopic (exact) mass is 430 g/mol. The van der Waals surface area contributed by atoms with Crippen molar-refractivity contribution in [1.29, 1.82) is 0 Å². The van der Waals surface area contributed by atoms with Gasteiger partial charge in [-0.05, 0) is 53.6 Å². The Morgan fingerprint density at radius 1 is 1.00 bits per heavy atom. The molecule has 1 aliphatic heterocycles. The number of aliphatic hydroxyl groups is 1. The van der Waals surface area contributed by atoms with E-state index >= 15 is 0 Å². The van der Waals surface area contributed by atoms with Crippen molar-refractivity contribution >= 4 is 17.4 Å². The predicted octanol–water partition coefficient (Wildman–Crippen LogP) is 3.72. The Bertz CT molecular complexity index is 1170. The molecule has 3 aromatic rings. The number of ether oxygens (including phenoxy) is 2. The predicted molar refractivity (Wildman–Crippen MR) is 118 cm³/mol. The van der Waals surface area contributed by atoms with Crippen LogP contribution in [-0.4, -0.2) is 40.9 Å². The minimum atomic E-state index is -0.781. The summed E-state index contributed by atoms with van der Waals surface area (Å²) in [7, 11) is 3.11. The topological polar surface area (TPSA) is 89.0 Å². The van der Waals surface area contributed by atoms with E-state index in [0.717, 1.165) is 5.56 Å². The Morgan fingerprint density at radius 3 is 2.41 bits per heavy atom. The Labute approximate surface area is 185 Å². The lowest BCUT2D eigenvalue weighted by atomic mass is 9.96. The minimum Gasteiger partial charge on any atom is -0.507 e. The lowest BCUT2D eigenvalue weighted by molar-refractivity contribution is -0.140. The molecule has 4 rings (SSSR count). The van der Waals surface area contributed by atoms with Crippen LogP contribution in [0.4, 0.5) is 0 Å². The molecule has 1 fully saturated rings. The molecule has 2 heterocycles. The van der Waals surface area contributed by atoms with E-state index in [4.69, 9.17) is 9.47 Å². The summed E-state index contributed by atoms with van der Waals surface area (Å²) in [6.45, 7) is 0.167. The van der Waals surface area contributed by atoms with Gasteiger partial charge in [-0.3, -0.25) is 14.6 Å². The van der Waals surface area contributed by atoms with Crippen LogP contribution in [-0.2, 0) is 16.1 Å². The number of aromatic nitrogens is 1. The number of methoxy groups -OCH3 is 2. The molecular weight excluding hydrogens is 408 g/mol. The molecular formula is C25H22N2O5. The van der Waals surface area contributed by atoms with Gasteiger partial charge >= 0.3 is 0 Å². The van der Waals surface area contributed by atoms with Gasteiger partial charge in [-0.15, -0.1) is 0 Å². The summed E-state index contributed by atoms with van der Waals surface area (Å²) in [6, 6.07) is 16.7. The van der Waals surface area contributed by atoms with Gasteiger partial charge < -0.3 is 19.5 Å². The molecule has 1 unspecified atom stereocenters. The third-order valence-corrected chi connectivity index (χ3v) is 5.39. The molecule has 7 heteroatoms. The molecule has 0 saturated carbocycles. The minimum absolute atomic E-state index is 0.0241. The standard InChI is InChI=1S/C25H22N2O5/c1-31-19-10-8-17(9-11-19)23(28)21-22(18-6-4-12-26-14-18)27(25(30)24(21)29)15-16-5-3-7-20(13-16)32-2/h3-14,22,28H,15H2,1-2H3/b23-21-. The smallest absolute Gasteiger partial charge is 0.295 e. The molecule has 0 aliphatic carbocycles. The summed E-state index contributed by atoms with van der Waals surface area (Å²) in [6.07, 6.45) is 3.21. The number of carbonyl (C=O) groups is 2. The maximum absolute atomic E-state index is 13.1. The zero-order valence-electron chi connectivity index (χ0n) is 17.7. The fourth-order valence-corrected chi connectivity index (χ4v) is 3.80. The Kier molecular flexibility index (Phi) is 5.89. The van der Waals surface area contributed by atoms with Crippen LogP contribution in [0.25, 0.3) is 5.76 Å². The summed E-state index contributed by atoms with van der Waals surface area (Å²) in [5.74, 6) is -0.404. The van der Waals surface area contributed by atoms with Gasteiger partial charge in [0.1, 0.15) is 17.3 Å². The largest absolute Gasteiger partial charge is 0.507 e. The highest BCUT2D eigenvalue weighted by Gasteiger charge is 2.46. The number of ketones is 1. The number of rotatable bonds is 6. The van der Waals surface area contributed by atoms with E-state index in [0.29, 0.717) is 22.6 Å². The zero-order chi connectivity index (χ0) is 22.7. The second-order valence-electron chi connectivity index (χ2n) is 7.29. The van der Waals surface area contributed by atoms with E-state index in [1.165, 1.54) is 4.90 Å². The van der Waals surface area contributed by atoms with Crippen LogP contribution >= 0.6 is 0 Å². The van der Waals surface area contributed by atoms with Crippen molar-refractivity contribution in [2.45, 2.75) is 12.6 Å². The van der Waals surface area contributed by atoms with Gasteiger partial charge in [-0.1, -0.05) is 18.2 Å². The van der Waals surface area contributed by atoms with Crippen molar-refractivity contribution in [2.24, 2.45) is 0 Å². The molecule has 1 atom stereocenters. The molecule has 1 aromatic heterocycles. The van der Waals surface area contributed by atoms with Crippen molar-refractivity contribution in [3.8, 4) is 11.5 Å². The molecule has 0 spiro atoms. The van der Waals surface area contributed by atoms with Crippen molar-refractivity contribution in [1.82, 2.24) is 9.88 Å². The Hall–Kier alpha value is -4.13. The maximum Gasteiger partial charge on any atom is 0.295 e. The molecule has 0 bridgehead atoms. The number of nitrogens with zero attached hydrogens (tertiary/aromatic N) is 2. The van der Waals surface area contributed by atoms with E-state index in [-0.39, 0.29) is 17.9 Å². The summed E-state index contributed by atoms with van der Waals surface area (Å²) in [5.41, 5.74) is 1.87. The normalized spacial score (nSPS) is 17.4. The summed E-state index contributed by atoms with van der Waals surface area (Å²) < 4.78 is 10.4. The SMILES string of the molecule is COc1ccc(/C(O)=C2/C(=O)C(=O)N(Cc3cccc(OC)c3)C2c2cccnc2)cc1.